The molecule has 0 aliphatic carbocycles. The van der Waals surface area contributed by atoms with Crippen LogP contribution in [0.3, 0.4) is 0 Å². The number of hydrogen-bond acceptors (Lipinski definition) is 2. The van der Waals surface area contributed by atoms with E-state index in [0.29, 0.717) is 0 Å². The molecule has 0 saturated heterocycles. The zero-order chi connectivity index (χ0) is 22.5. The summed E-state index contributed by atoms with van der Waals surface area (Å²) in [7, 11) is 0. The summed E-state index contributed by atoms with van der Waals surface area (Å²) in [6.07, 6.45) is -0.596. The third-order valence-corrected chi connectivity index (χ3v) is 4.45. The van der Waals surface area contributed by atoms with Crippen molar-refractivity contribution >= 4 is 11.9 Å². The lowest BCUT2D eigenvalue weighted by atomic mass is 9.95. The van der Waals surface area contributed by atoms with E-state index in [9.17, 15) is 18.4 Å². The van der Waals surface area contributed by atoms with Crippen molar-refractivity contribution in [2.75, 3.05) is 0 Å². The fourth-order valence-corrected chi connectivity index (χ4v) is 2.74. The molecule has 2 N–H and O–H groups in total. The molecular weight excluding hydrogens is 390 g/mol. The van der Waals surface area contributed by atoms with E-state index in [4.69, 9.17) is 10.2 Å². The zero-order valence-electron chi connectivity index (χ0n) is 16.5. The monoisotopic (exact) mass is 416 g/mol. The van der Waals surface area contributed by atoms with Gasteiger partial charge in [-0.2, -0.15) is 0 Å². The molecule has 0 aromatic heterocycles. The van der Waals surface area contributed by atoms with E-state index in [1.807, 2.05) is 12.1 Å². The molecule has 6 heteroatoms. The maximum absolute atomic E-state index is 13.2. The highest BCUT2D eigenvalue weighted by molar-refractivity contribution is 5.72. The van der Waals surface area contributed by atoms with Crippen LogP contribution in [0.25, 0.3) is 0 Å². The van der Waals surface area contributed by atoms with Crippen molar-refractivity contribution in [1.29, 1.82) is 0 Å². The summed E-state index contributed by atoms with van der Waals surface area (Å²) in [5, 5.41) is 17.7. The van der Waals surface area contributed by atoms with Crippen molar-refractivity contribution in [1.82, 2.24) is 0 Å². The molecule has 0 fully saturated rings. The Morgan fingerprint density at radius 1 is 0.733 bits per heavy atom. The number of carboxylic acids is 2. The third-order valence-electron chi connectivity index (χ3n) is 4.45. The Balaban J connectivity index is 0.000000300. The van der Waals surface area contributed by atoms with Crippen LogP contribution in [0.15, 0.2) is 86.0 Å². The molecule has 4 atom stereocenters. The van der Waals surface area contributed by atoms with Crippen LogP contribution < -0.4 is 0 Å². The Morgan fingerprint density at radius 2 is 1.03 bits per heavy atom. The SMILES string of the molecule is C=C[C@@H](F)[C@@H](Cc1ccccc1)C(=O)O.C=C[C@H](F)[C@@H](Cc1ccccc1)C(=O)O. The molecule has 2 aromatic rings. The molecule has 0 saturated carbocycles. The van der Waals surface area contributed by atoms with Crippen molar-refractivity contribution < 1.29 is 28.6 Å². The van der Waals surface area contributed by atoms with E-state index >= 15 is 0 Å². The normalized spacial score (nSPS) is 14.2. The predicted octanol–water partition coefficient (Wildman–Crippen LogP) is 4.91. The van der Waals surface area contributed by atoms with E-state index in [2.05, 4.69) is 13.2 Å². The highest BCUT2D eigenvalue weighted by Gasteiger charge is 2.26. The first kappa shape index (κ1) is 24.8. The first-order valence-corrected chi connectivity index (χ1v) is 9.36. The lowest BCUT2D eigenvalue weighted by Crippen LogP contribution is -2.25. The first-order valence-electron chi connectivity index (χ1n) is 9.36. The maximum atomic E-state index is 13.2. The average molecular weight is 416 g/mol. The Morgan fingerprint density at radius 3 is 1.27 bits per heavy atom. The number of alkyl halides is 2. The number of carbonyl (C=O) groups is 2. The molecule has 0 aliphatic rings. The second kappa shape index (κ2) is 13.0. The molecule has 160 valence electrons. The third kappa shape index (κ3) is 8.39. The molecule has 0 amide bonds. The van der Waals surface area contributed by atoms with Crippen molar-refractivity contribution in [3.05, 3.63) is 97.1 Å². The molecule has 0 heterocycles. The number of benzene rings is 2. The van der Waals surface area contributed by atoms with Gasteiger partial charge >= 0.3 is 11.9 Å². The quantitative estimate of drug-likeness (QED) is 0.540. The Hall–Kier alpha value is -3.28. The largest absolute Gasteiger partial charge is 0.481 e. The minimum absolute atomic E-state index is 0.184. The van der Waals surface area contributed by atoms with Gasteiger partial charge in [-0.15, -0.1) is 13.2 Å². The van der Waals surface area contributed by atoms with Gasteiger partial charge in [0.05, 0.1) is 11.8 Å². The Bertz CT molecular complexity index is 739. The van der Waals surface area contributed by atoms with Gasteiger partial charge in [-0.25, -0.2) is 8.78 Å². The van der Waals surface area contributed by atoms with Crippen LogP contribution in [0.1, 0.15) is 11.1 Å². The van der Waals surface area contributed by atoms with Gasteiger partial charge < -0.3 is 10.2 Å². The molecule has 0 unspecified atom stereocenters. The molecule has 0 bridgehead atoms. The number of aliphatic carboxylic acids is 2. The van der Waals surface area contributed by atoms with Gasteiger partial charge in [-0.3, -0.25) is 9.59 Å². The second-order valence-corrected chi connectivity index (χ2v) is 6.63. The highest BCUT2D eigenvalue weighted by atomic mass is 19.1. The maximum Gasteiger partial charge on any atom is 0.310 e. The number of rotatable bonds is 10. The molecule has 30 heavy (non-hydrogen) atoms. The van der Waals surface area contributed by atoms with Gasteiger partial charge in [0.1, 0.15) is 12.3 Å². The minimum atomic E-state index is -1.51. The smallest absolute Gasteiger partial charge is 0.310 e. The molecule has 0 spiro atoms. The summed E-state index contributed by atoms with van der Waals surface area (Å²) in [6.45, 7) is 6.53. The number of halogens is 2. The lowest BCUT2D eigenvalue weighted by molar-refractivity contribution is -0.144. The molecular formula is C24H26F2O4. The molecule has 0 aliphatic heterocycles. The van der Waals surface area contributed by atoms with Crippen LogP contribution in [0.4, 0.5) is 8.78 Å². The topological polar surface area (TPSA) is 74.6 Å². The molecule has 2 rings (SSSR count). The van der Waals surface area contributed by atoms with Crippen molar-refractivity contribution in [3.63, 3.8) is 0 Å². The predicted molar refractivity (Wildman–Crippen MR) is 113 cm³/mol. The van der Waals surface area contributed by atoms with E-state index in [1.54, 1.807) is 48.5 Å². The fourth-order valence-electron chi connectivity index (χ4n) is 2.74. The van der Waals surface area contributed by atoms with E-state index < -0.39 is 36.1 Å². The molecule has 0 radical (unpaired) electrons. The fraction of sp³-hybridized carbons (Fsp3) is 0.250. The van der Waals surface area contributed by atoms with Crippen LogP contribution >= 0.6 is 0 Å². The average Bonchev–Trinajstić information content (AvgIpc) is 2.76. The second-order valence-electron chi connectivity index (χ2n) is 6.63. The summed E-state index contributed by atoms with van der Waals surface area (Å²) in [5.74, 6) is -4.37. The van der Waals surface area contributed by atoms with Crippen molar-refractivity contribution in [3.8, 4) is 0 Å². The van der Waals surface area contributed by atoms with Crippen LogP contribution in [0.5, 0.6) is 0 Å². The van der Waals surface area contributed by atoms with Gasteiger partial charge in [0.2, 0.25) is 0 Å². The standard InChI is InChI=1S/2C12H13FO2/c2*1-2-11(13)10(12(14)15)8-9-6-4-3-5-7-9/h2*2-7,10-11H,1,8H2,(H,14,15)/t10-,11+;10-,11-/m11/s1. The van der Waals surface area contributed by atoms with Gasteiger partial charge in [-0.05, 0) is 24.0 Å². The number of hydrogen-bond donors (Lipinski definition) is 2. The summed E-state index contributed by atoms with van der Waals surface area (Å²) < 4.78 is 26.5. The Labute approximate surface area is 175 Å². The minimum Gasteiger partial charge on any atom is -0.481 e. The van der Waals surface area contributed by atoms with E-state index in [-0.39, 0.29) is 12.8 Å². The zero-order valence-corrected chi connectivity index (χ0v) is 16.5. The summed E-state index contributed by atoms with van der Waals surface area (Å²) in [4.78, 5) is 21.6. The number of carboxylic acid groups (broad SMARTS) is 2. The van der Waals surface area contributed by atoms with Crippen LogP contribution in [-0.4, -0.2) is 34.5 Å². The van der Waals surface area contributed by atoms with Gasteiger partial charge in [0, 0.05) is 0 Å². The van der Waals surface area contributed by atoms with Crippen molar-refractivity contribution in [2.45, 2.75) is 25.2 Å². The highest BCUT2D eigenvalue weighted by Crippen LogP contribution is 2.17. The summed E-state index contributed by atoms with van der Waals surface area (Å²) in [6, 6.07) is 18.0. The van der Waals surface area contributed by atoms with Crippen LogP contribution in [0, 0.1) is 11.8 Å². The lowest BCUT2D eigenvalue weighted by Gasteiger charge is -2.13. The number of allylic oxidation sites excluding steroid dienone is 2. The van der Waals surface area contributed by atoms with Gasteiger partial charge in [0.25, 0.3) is 0 Å². The Kier molecular flexibility index (Phi) is 10.8. The van der Waals surface area contributed by atoms with Crippen LogP contribution in [0.2, 0.25) is 0 Å². The summed E-state index contributed by atoms with van der Waals surface area (Å²) in [5.41, 5.74) is 1.63. The van der Waals surface area contributed by atoms with E-state index in [0.717, 1.165) is 23.3 Å². The van der Waals surface area contributed by atoms with E-state index in [1.165, 1.54) is 0 Å². The summed E-state index contributed by atoms with van der Waals surface area (Å²) >= 11 is 0. The van der Waals surface area contributed by atoms with Crippen LogP contribution in [-0.2, 0) is 22.4 Å². The van der Waals surface area contributed by atoms with Gasteiger partial charge in [-0.1, -0.05) is 72.8 Å². The molecule has 2 aromatic carbocycles. The first-order chi connectivity index (χ1) is 14.3. The molecule has 4 nitrogen and oxygen atoms in total. The van der Waals surface area contributed by atoms with Crippen molar-refractivity contribution in [2.24, 2.45) is 11.8 Å². The van der Waals surface area contributed by atoms with Gasteiger partial charge in [0.15, 0.2) is 0 Å².